The number of carbonyl (C=O) groups is 4. The van der Waals surface area contributed by atoms with E-state index in [4.69, 9.17) is 18.9 Å². The van der Waals surface area contributed by atoms with Crippen molar-refractivity contribution < 1.29 is 38.1 Å². The summed E-state index contributed by atoms with van der Waals surface area (Å²) in [5.74, 6) is -2.46. The van der Waals surface area contributed by atoms with E-state index in [1.807, 2.05) is 6.92 Å². The van der Waals surface area contributed by atoms with Crippen LogP contribution < -0.4 is 0 Å². The highest BCUT2D eigenvalue weighted by Gasteiger charge is 2.61. The molecule has 6 atom stereocenters. The molecule has 158 valence electrons. The van der Waals surface area contributed by atoms with Crippen LogP contribution in [-0.2, 0) is 38.1 Å². The second kappa shape index (κ2) is 7.65. The fraction of sp³-hybridized carbons (Fsp3) is 0.619. The van der Waals surface area contributed by atoms with Gasteiger partial charge in [0, 0.05) is 43.6 Å². The molecule has 0 bridgehead atoms. The molecular formula is C21H26O8. The normalized spacial score (nSPS) is 35.6. The van der Waals surface area contributed by atoms with E-state index in [1.54, 1.807) is 6.08 Å². The van der Waals surface area contributed by atoms with Gasteiger partial charge in [0.05, 0.1) is 0 Å². The lowest BCUT2D eigenvalue weighted by atomic mass is 9.54. The van der Waals surface area contributed by atoms with Crippen LogP contribution in [0.1, 0.15) is 40.5 Å². The van der Waals surface area contributed by atoms with Crippen LogP contribution in [0.25, 0.3) is 0 Å². The van der Waals surface area contributed by atoms with Gasteiger partial charge in [-0.1, -0.05) is 13.5 Å². The van der Waals surface area contributed by atoms with Crippen molar-refractivity contribution in [1.29, 1.82) is 0 Å². The highest BCUT2D eigenvalue weighted by atomic mass is 16.6. The average molecular weight is 406 g/mol. The summed E-state index contributed by atoms with van der Waals surface area (Å²) in [6.45, 7) is 9.63. The largest absolute Gasteiger partial charge is 0.461 e. The van der Waals surface area contributed by atoms with Crippen molar-refractivity contribution in [2.45, 2.75) is 58.8 Å². The van der Waals surface area contributed by atoms with Crippen molar-refractivity contribution in [2.75, 3.05) is 6.61 Å². The molecule has 3 rings (SSSR count). The molecule has 1 aliphatic heterocycles. The van der Waals surface area contributed by atoms with Crippen LogP contribution in [0.3, 0.4) is 0 Å². The molecule has 3 aliphatic rings. The maximum absolute atomic E-state index is 12.2. The molecule has 0 radical (unpaired) electrons. The summed E-state index contributed by atoms with van der Waals surface area (Å²) in [6, 6.07) is 0. The Morgan fingerprint density at radius 1 is 1.17 bits per heavy atom. The number of rotatable bonds is 4. The van der Waals surface area contributed by atoms with Gasteiger partial charge in [0.25, 0.3) is 0 Å². The van der Waals surface area contributed by atoms with Crippen molar-refractivity contribution in [3.63, 3.8) is 0 Å². The van der Waals surface area contributed by atoms with E-state index in [-0.39, 0.29) is 18.4 Å². The summed E-state index contributed by atoms with van der Waals surface area (Å²) in [4.78, 5) is 47.1. The Kier molecular flexibility index (Phi) is 5.56. The van der Waals surface area contributed by atoms with Crippen LogP contribution in [0.15, 0.2) is 23.8 Å². The predicted octanol–water partition coefficient (Wildman–Crippen LogP) is 1.87. The smallest absolute Gasteiger partial charge is 0.334 e. The van der Waals surface area contributed by atoms with Crippen LogP contribution in [0.4, 0.5) is 0 Å². The molecule has 6 unspecified atom stereocenters. The van der Waals surface area contributed by atoms with Gasteiger partial charge in [0.1, 0.15) is 18.8 Å². The standard InChI is InChI=1S/C21H26O8/c1-10-15-6-7-21(5)17(18(15)29-20(10)25)14(9-26-11(2)22)8-16(27-12(3)23)19(21)28-13(4)24/h8,15-19H,1,6-7,9H2,2-5H3. The van der Waals surface area contributed by atoms with Crippen molar-refractivity contribution in [1.82, 2.24) is 0 Å². The van der Waals surface area contributed by atoms with Crippen LogP contribution in [0, 0.1) is 17.3 Å². The lowest BCUT2D eigenvalue weighted by Crippen LogP contribution is -2.59. The molecule has 0 aromatic carbocycles. The first-order valence-electron chi connectivity index (χ1n) is 9.62. The summed E-state index contributed by atoms with van der Waals surface area (Å²) in [5.41, 5.74) is 0.409. The van der Waals surface area contributed by atoms with E-state index in [1.165, 1.54) is 20.8 Å². The topological polar surface area (TPSA) is 105 Å². The minimum atomic E-state index is -0.833. The second-order valence-electron chi connectivity index (χ2n) is 8.15. The highest BCUT2D eigenvalue weighted by Crippen LogP contribution is 2.57. The first-order valence-corrected chi connectivity index (χ1v) is 9.62. The van der Waals surface area contributed by atoms with Gasteiger partial charge < -0.3 is 18.9 Å². The Bertz CT molecular complexity index is 797. The molecule has 29 heavy (non-hydrogen) atoms. The summed E-state index contributed by atoms with van der Waals surface area (Å²) in [5, 5.41) is 0. The number of fused-ring (bicyclic) bond motifs is 3. The summed E-state index contributed by atoms with van der Waals surface area (Å²) >= 11 is 0. The molecule has 8 heteroatoms. The monoisotopic (exact) mass is 406 g/mol. The van der Waals surface area contributed by atoms with Gasteiger partial charge in [-0.15, -0.1) is 0 Å². The zero-order chi connectivity index (χ0) is 21.5. The van der Waals surface area contributed by atoms with Gasteiger partial charge in [-0.05, 0) is 24.5 Å². The lowest BCUT2D eigenvalue weighted by Gasteiger charge is -2.53. The summed E-state index contributed by atoms with van der Waals surface area (Å²) in [7, 11) is 0. The van der Waals surface area contributed by atoms with Gasteiger partial charge >= 0.3 is 23.9 Å². The number of carbonyl (C=O) groups excluding carboxylic acids is 4. The van der Waals surface area contributed by atoms with Crippen LogP contribution in [0.5, 0.6) is 0 Å². The zero-order valence-corrected chi connectivity index (χ0v) is 17.1. The van der Waals surface area contributed by atoms with Crippen LogP contribution >= 0.6 is 0 Å². The molecule has 2 fully saturated rings. The van der Waals surface area contributed by atoms with Crippen molar-refractivity contribution >= 4 is 23.9 Å². The van der Waals surface area contributed by atoms with Crippen molar-refractivity contribution in [3.05, 3.63) is 23.8 Å². The maximum atomic E-state index is 12.2. The molecule has 0 spiro atoms. The second-order valence-corrected chi connectivity index (χ2v) is 8.15. The van der Waals surface area contributed by atoms with Gasteiger partial charge in [0.15, 0.2) is 6.10 Å². The Labute approximate surface area is 169 Å². The van der Waals surface area contributed by atoms with E-state index in [9.17, 15) is 19.2 Å². The van der Waals surface area contributed by atoms with Crippen LogP contribution in [0.2, 0.25) is 0 Å². The Morgan fingerprint density at radius 2 is 1.83 bits per heavy atom. The molecule has 1 heterocycles. The van der Waals surface area contributed by atoms with Crippen LogP contribution in [-0.4, -0.2) is 48.8 Å². The first-order chi connectivity index (χ1) is 13.5. The minimum Gasteiger partial charge on any atom is -0.461 e. The first kappa shape index (κ1) is 21.1. The molecule has 0 aromatic heterocycles. The van der Waals surface area contributed by atoms with Gasteiger partial charge in [-0.3, -0.25) is 14.4 Å². The molecular weight excluding hydrogens is 380 g/mol. The third kappa shape index (κ3) is 3.80. The molecule has 1 saturated carbocycles. The average Bonchev–Trinajstić information content (AvgIpc) is 2.89. The fourth-order valence-corrected chi connectivity index (χ4v) is 4.99. The fourth-order valence-electron chi connectivity index (χ4n) is 4.99. The minimum absolute atomic E-state index is 0.0343. The van der Waals surface area contributed by atoms with Crippen molar-refractivity contribution in [2.24, 2.45) is 17.3 Å². The number of ether oxygens (including phenoxy) is 4. The Balaban J connectivity index is 2.08. The summed E-state index contributed by atoms with van der Waals surface area (Å²) < 4.78 is 22.0. The SMILES string of the molecule is C=C1C(=O)OC2C1CCC1(C)C(OC(C)=O)C(OC(C)=O)C=C(COC(C)=O)C21. The van der Waals surface area contributed by atoms with E-state index < -0.39 is 47.6 Å². The predicted molar refractivity (Wildman–Crippen MR) is 99.2 cm³/mol. The van der Waals surface area contributed by atoms with E-state index in [2.05, 4.69) is 6.58 Å². The van der Waals surface area contributed by atoms with E-state index in [0.717, 1.165) is 0 Å². The third-order valence-electron chi connectivity index (χ3n) is 6.15. The number of hydrogen-bond donors (Lipinski definition) is 0. The lowest BCUT2D eigenvalue weighted by molar-refractivity contribution is -0.189. The van der Waals surface area contributed by atoms with Gasteiger partial charge in [-0.25, -0.2) is 4.79 Å². The molecule has 1 saturated heterocycles. The molecule has 0 amide bonds. The Hall–Kier alpha value is -2.64. The number of hydrogen-bond acceptors (Lipinski definition) is 8. The molecule has 8 nitrogen and oxygen atoms in total. The van der Waals surface area contributed by atoms with Gasteiger partial charge in [0.2, 0.25) is 0 Å². The van der Waals surface area contributed by atoms with E-state index >= 15 is 0 Å². The molecule has 0 aromatic rings. The van der Waals surface area contributed by atoms with Gasteiger partial charge in [-0.2, -0.15) is 0 Å². The number of esters is 4. The highest BCUT2D eigenvalue weighted by molar-refractivity contribution is 5.91. The zero-order valence-electron chi connectivity index (χ0n) is 17.1. The Morgan fingerprint density at radius 3 is 2.41 bits per heavy atom. The molecule has 2 aliphatic carbocycles. The quantitative estimate of drug-likeness (QED) is 0.302. The van der Waals surface area contributed by atoms with E-state index in [0.29, 0.717) is 24.0 Å². The summed E-state index contributed by atoms with van der Waals surface area (Å²) in [6.07, 6.45) is 0.757. The molecule has 0 N–H and O–H groups in total. The van der Waals surface area contributed by atoms with Crippen molar-refractivity contribution in [3.8, 4) is 0 Å². The maximum Gasteiger partial charge on any atom is 0.334 e. The third-order valence-corrected chi connectivity index (χ3v) is 6.15.